The zero-order valence-electron chi connectivity index (χ0n) is 7.86. The standard InChI is InChI=1S/C10H10N4/c1-8-4-2-6-10(11)9(8)5-3-7-13-14-12/h2,4,6H,7,11H2,1H3. The molecule has 1 aromatic rings. The summed E-state index contributed by atoms with van der Waals surface area (Å²) in [7, 11) is 0. The number of rotatable bonds is 1. The molecule has 4 nitrogen and oxygen atoms in total. The maximum absolute atomic E-state index is 8.04. The summed E-state index contributed by atoms with van der Waals surface area (Å²) in [5.41, 5.74) is 16.3. The third-order valence-electron chi connectivity index (χ3n) is 1.73. The van der Waals surface area contributed by atoms with Crippen molar-refractivity contribution >= 4 is 5.69 Å². The van der Waals surface area contributed by atoms with Crippen LogP contribution >= 0.6 is 0 Å². The summed E-state index contributed by atoms with van der Waals surface area (Å²) in [6.07, 6.45) is 0. The first kappa shape index (κ1) is 9.97. The highest BCUT2D eigenvalue weighted by molar-refractivity contribution is 5.59. The third-order valence-corrected chi connectivity index (χ3v) is 1.73. The molecular formula is C10H10N4. The number of hydrogen-bond donors (Lipinski definition) is 1. The van der Waals surface area contributed by atoms with E-state index in [1.807, 2.05) is 19.1 Å². The number of nitrogens with two attached hydrogens (primary N) is 1. The van der Waals surface area contributed by atoms with Crippen LogP contribution in [-0.4, -0.2) is 6.54 Å². The second-order valence-electron chi connectivity index (χ2n) is 2.73. The van der Waals surface area contributed by atoms with Crippen LogP contribution in [0.25, 0.3) is 10.4 Å². The lowest BCUT2D eigenvalue weighted by Gasteiger charge is -2.00. The SMILES string of the molecule is Cc1cccc(N)c1C#CCN=[N+]=[N-]. The Morgan fingerprint density at radius 3 is 3.00 bits per heavy atom. The minimum atomic E-state index is 0.171. The summed E-state index contributed by atoms with van der Waals surface area (Å²) in [5, 5.41) is 3.31. The molecule has 70 valence electrons. The van der Waals surface area contributed by atoms with Crippen LogP contribution in [0.2, 0.25) is 0 Å². The van der Waals surface area contributed by atoms with Crippen molar-refractivity contribution in [2.24, 2.45) is 5.11 Å². The second-order valence-corrected chi connectivity index (χ2v) is 2.73. The molecule has 0 bridgehead atoms. The highest BCUT2D eigenvalue weighted by atomic mass is 15.1. The molecule has 0 aliphatic carbocycles. The summed E-state index contributed by atoms with van der Waals surface area (Å²) in [4.78, 5) is 2.60. The van der Waals surface area contributed by atoms with Crippen LogP contribution in [0.1, 0.15) is 11.1 Å². The summed E-state index contributed by atoms with van der Waals surface area (Å²) >= 11 is 0. The molecular weight excluding hydrogens is 176 g/mol. The number of benzene rings is 1. The molecule has 0 radical (unpaired) electrons. The molecule has 14 heavy (non-hydrogen) atoms. The smallest absolute Gasteiger partial charge is 0.0880 e. The predicted octanol–water partition coefficient (Wildman–Crippen LogP) is 2.24. The van der Waals surface area contributed by atoms with Gasteiger partial charge in [0.1, 0.15) is 0 Å². The lowest BCUT2D eigenvalue weighted by Crippen LogP contribution is -1.92. The van der Waals surface area contributed by atoms with Gasteiger partial charge in [0.25, 0.3) is 0 Å². The van der Waals surface area contributed by atoms with Crippen molar-refractivity contribution in [1.82, 2.24) is 0 Å². The van der Waals surface area contributed by atoms with Gasteiger partial charge in [0, 0.05) is 10.6 Å². The summed E-state index contributed by atoms with van der Waals surface area (Å²) < 4.78 is 0. The van der Waals surface area contributed by atoms with Gasteiger partial charge in [-0.3, -0.25) is 0 Å². The molecule has 0 saturated carbocycles. The van der Waals surface area contributed by atoms with Gasteiger partial charge in [-0.05, 0) is 24.1 Å². The van der Waals surface area contributed by atoms with Gasteiger partial charge >= 0.3 is 0 Å². The largest absolute Gasteiger partial charge is 0.398 e. The van der Waals surface area contributed by atoms with E-state index >= 15 is 0 Å². The monoisotopic (exact) mass is 186 g/mol. The zero-order chi connectivity index (χ0) is 10.4. The molecule has 0 heterocycles. The minimum absolute atomic E-state index is 0.171. The quantitative estimate of drug-likeness (QED) is 0.236. The summed E-state index contributed by atoms with van der Waals surface area (Å²) in [5.74, 6) is 5.61. The van der Waals surface area contributed by atoms with Crippen molar-refractivity contribution < 1.29 is 0 Å². The van der Waals surface area contributed by atoms with Crippen LogP contribution < -0.4 is 5.73 Å². The molecule has 0 aliphatic rings. The Kier molecular flexibility index (Phi) is 3.42. The molecule has 4 heteroatoms. The second kappa shape index (κ2) is 4.80. The van der Waals surface area contributed by atoms with Crippen molar-refractivity contribution in [1.29, 1.82) is 0 Å². The van der Waals surface area contributed by atoms with E-state index in [0.29, 0.717) is 5.69 Å². The van der Waals surface area contributed by atoms with E-state index in [0.717, 1.165) is 11.1 Å². The first-order valence-corrected chi connectivity index (χ1v) is 4.10. The average Bonchev–Trinajstić information content (AvgIpc) is 2.16. The maximum atomic E-state index is 8.04. The normalized spacial score (nSPS) is 8.36. The Hall–Kier alpha value is -2.11. The molecule has 0 amide bonds. The topological polar surface area (TPSA) is 74.8 Å². The van der Waals surface area contributed by atoms with E-state index in [-0.39, 0.29) is 6.54 Å². The van der Waals surface area contributed by atoms with E-state index in [2.05, 4.69) is 21.9 Å². The van der Waals surface area contributed by atoms with Crippen molar-refractivity contribution in [2.45, 2.75) is 6.92 Å². The van der Waals surface area contributed by atoms with Crippen molar-refractivity contribution in [3.05, 3.63) is 39.8 Å². The Morgan fingerprint density at radius 2 is 2.36 bits per heavy atom. The number of aryl methyl sites for hydroxylation is 1. The van der Waals surface area contributed by atoms with Gasteiger partial charge in [-0.1, -0.05) is 29.1 Å². The fraction of sp³-hybridized carbons (Fsp3) is 0.200. The van der Waals surface area contributed by atoms with Crippen LogP contribution in [0.3, 0.4) is 0 Å². The Balaban J connectivity index is 2.94. The summed E-state index contributed by atoms with van der Waals surface area (Å²) in [6, 6.07) is 5.61. The average molecular weight is 186 g/mol. The Labute approximate surface area is 82.4 Å². The zero-order valence-corrected chi connectivity index (χ0v) is 7.86. The van der Waals surface area contributed by atoms with Gasteiger partial charge in [-0.15, -0.1) is 0 Å². The molecule has 0 atom stereocenters. The van der Waals surface area contributed by atoms with Gasteiger partial charge in [-0.25, -0.2) is 0 Å². The molecule has 0 aromatic heterocycles. The molecule has 0 fully saturated rings. The van der Waals surface area contributed by atoms with E-state index in [1.165, 1.54) is 0 Å². The van der Waals surface area contributed by atoms with Crippen LogP contribution in [0.15, 0.2) is 23.3 Å². The van der Waals surface area contributed by atoms with Crippen LogP contribution in [0.5, 0.6) is 0 Å². The van der Waals surface area contributed by atoms with Crippen LogP contribution in [-0.2, 0) is 0 Å². The van der Waals surface area contributed by atoms with Crippen molar-refractivity contribution in [2.75, 3.05) is 12.3 Å². The molecule has 0 spiro atoms. The molecule has 2 N–H and O–H groups in total. The molecule has 0 unspecified atom stereocenters. The van der Waals surface area contributed by atoms with Crippen LogP contribution in [0.4, 0.5) is 5.69 Å². The van der Waals surface area contributed by atoms with E-state index in [4.69, 9.17) is 11.3 Å². The van der Waals surface area contributed by atoms with Gasteiger partial charge in [0.2, 0.25) is 0 Å². The number of hydrogen-bond acceptors (Lipinski definition) is 2. The highest BCUT2D eigenvalue weighted by Crippen LogP contribution is 2.13. The fourth-order valence-corrected chi connectivity index (χ4v) is 1.06. The number of anilines is 1. The third kappa shape index (κ3) is 2.44. The minimum Gasteiger partial charge on any atom is -0.398 e. The van der Waals surface area contributed by atoms with E-state index in [1.54, 1.807) is 6.07 Å². The molecule has 0 aliphatic heterocycles. The predicted molar refractivity (Wildman–Crippen MR) is 56.5 cm³/mol. The van der Waals surface area contributed by atoms with Gasteiger partial charge in [0.05, 0.1) is 12.1 Å². The van der Waals surface area contributed by atoms with E-state index in [9.17, 15) is 0 Å². The first-order chi connectivity index (χ1) is 6.75. The van der Waals surface area contributed by atoms with Crippen molar-refractivity contribution in [3.8, 4) is 11.8 Å². The first-order valence-electron chi connectivity index (χ1n) is 4.10. The maximum Gasteiger partial charge on any atom is 0.0880 e. The van der Waals surface area contributed by atoms with Crippen LogP contribution in [0, 0.1) is 18.8 Å². The number of nitrogens with zero attached hydrogens (tertiary/aromatic N) is 3. The summed E-state index contributed by atoms with van der Waals surface area (Å²) in [6.45, 7) is 2.11. The molecule has 1 aromatic carbocycles. The lowest BCUT2D eigenvalue weighted by molar-refractivity contribution is 1.25. The van der Waals surface area contributed by atoms with Gasteiger partial charge in [0.15, 0.2) is 0 Å². The number of azide groups is 1. The Bertz CT molecular complexity index is 413. The lowest BCUT2D eigenvalue weighted by atomic mass is 10.1. The van der Waals surface area contributed by atoms with Gasteiger partial charge < -0.3 is 5.73 Å². The van der Waals surface area contributed by atoms with E-state index < -0.39 is 0 Å². The number of nitrogen functional groups attached to an aromatic ring is 1. The highest BCUT2D eigenvalue weighted by Gasteiger charge is 1.97. The molecule has 0 saturated heterocycles. The molecule has 1 rings (SSSR count). The van der Waals surface area contributed by atoms with Crippen molar-refractivity contribution in [3.63, 3.8) is 0 Å². The van der Waals surface area contributed by atoms with Gasteiger partial charge in [-0.2, -0.15) is 0 Å². The fourth-order valence-electron chi connectivity index (χ4n) is 1.06. The Morgan fingerprint density at radius 1 is 1.57 bits per heavy atom.